The summed E-state index contributed by atoms with van der Waals surface area (Å²) < 4.78 is 38.8. The second kappa shape index (κ2) is 9.14. The Balaban J connectivity index is 1.29. The van der Waals surface area contributed by atoms with Crippen molar-refractivity contribution < 1.29 is 41.8 Å². The first-order valence-corrected chi connectivity index (χ1v) is 12.3. The largest absolute Gasteiger partial charge is 0.457 e. The molecule has 0 bridgehead atoms. The average molecular weight is 502 g/mol. The number of β-lactam (4-membered cyclic amide) rings is 1. The molecule has 0 unspecified atom stereocenters. The maximum atomic E-state index is 12.6. The average Bonchev–Trinajstić information content (AvgIpc) is 2.96. The number of rotatable bonds is 7. The summed E-state index contributed by atoms with van der Waals surface area (Å²) in [6.45, 7) is 2.06. The smallest absolute Gasteiger partial charge is 0.340 e. The zero-order valence-corrected chi connectivity index (χ0v) is 19.8. The van der Waals surface area contributed by atoms with Crippen LogP contribution in [0, 0.1) is 0 Å². The molecule has 4 rings (SSSR count). The van der Waals surface area contributed by atoms with Gasteiger partial charge in [0.15, 0.2) is 9.84 Å². The van der Waals surface area contributed by atoms with Gasteiger partial charge in [-0.2, -0.15) is 0 Å². The number of nitrogens with zero attached hydrogens (tertiary/aromatic N) is 1. The molecule has 2 heterocycles. The third-order valence-corrected chi connectivity index (χ3v) is 8.96. The van der Waals surface area contributed by atoms with E-state index in [-0.39, 0.29) is 24.2 Å². The normalized spacial score (nSPS) is 21.4. The summed E-state index contributed by atoms with van der Waals surface area (Å²) in [5, 5.41) is -1.04. The molecule has 0 saturated carbocycles. The van der Waals surface area contributed by atoms with Crippen LogP contribution in [0.15, 0.2) is 54.6 Å². The third kappa shape index (κ3) is 4.39. The lowest BCUT2D eigenvalue weighted by Crippen LogP contribution is -2.57. The summed E-state index contributed by atoms with van der Waals surface area (Å²) in [6, 6.07) is 13.4. The summed E-state index contributed by atoms with van der Waals surface area (Å²) in [7, 11) is -3.75. The van der Waals surface area contributed by atoms with Crippen molar-refractivity contribution in [2.75, 3.05) is 6.79 Å². The summed E-state index contributed by atoms with van der Waals surface area (Å²) in [5.41, 5.74) is 1.17. The Morgan fingerprint density at radius 1 is 0.914 bits per heavy atom. The van der Waals surface area contributed by atoms with Crippen LogP contribution in [0.4, 0.5) is 0 Å². The van der Waals surface area contributed by atoms with Gasteiger partial charge in [-0.1, -0.05) is 30.3 Å². The lowest BCUT2D eigenvalue weighted by atomic mass is 9.98. The van der Waals surface area contributed by atoms with E-state index in [2.05, 4.69) is 0 Å². The molecule has 0 aliphatic carbocycles. The van der Waals surface area contributed by atoms with Gasteiger partial charge in [-0.25, -0.2) is 22.8 Å². The summed E-state index contributed by atoms with van der Waals surface area (Å²) in [5.74, 6) is -2.81. The van der Waals surface area contributed by atoms with Gasteiger partial charge in [-0.05, 0) is 43.7 Å². The van der Waals surface area contributed by atoms with Crippen molar-refractivity contribution in [3.8, 4) is 0 Å². The second-order valence-electron chi connectivity index (χ2n) is 8.66. The molecule has 0 radical (unpaired) electrons. The first-order valence-electron chi connectivity index (χ1n) is 10.7. The van der Waals surface area contributed by atoms with Crippen molar-refractivity contribution in [3.05, 3.63) is 71.3 Å². The Morgan fingerprint density at radius 2 is 1.49 bits per heavy atom. The standard InChI is InChI=1S/C24H23NO9S/c1-24(2)20(25-18(26)12-19(25)35(24,30)31)23(29)34-14-33-22(28)17-10-8-16(9-11-17)21(27)32-13-15-6-4-3-5-7-15/h3-11,19-20H,12-14H2,1-2H3/t19-,20+/m1/s1. The van der Waals surface area contributed by atoms with Crippen molar-refractivity contribution in [1.82, 2.24) is 4.90 Å². The zero-order chi connectivity index (χ0) is 25.4. The van der Waals surface area contributed by atoms with Crippen molar-refractivity contribution in [1.29, 1.82) is 0 Å². The van der Waals surface area contributed by atoms with Gasteiger partial charge in [0.05, 0.1) is 22.3 Å². The molecule has 11 heteroatoms. The highest BCUT2D eigenvalue weighted by Crippen LogP contribution is 2.46. The number of esters is 3. The molecule has 2 saturated heterocycles. The van der Waals surface area contributed by atoms with Gasteiger partial charge in [0, 0.05) is 0 Å². The van der Waals surface area contributed by atoms with Crippen LogP contribution >= 0.6 is 0 Å². The summed E-state index contributed by atoms with van der Waals surface area (Å²) in [4.78, 5) is 49.9. The number of sulfone groups is 1. The summed E-state index contributed by atoms with van der Waals surface area (Å²) in [6.07, 6.45) is -0.166. The van der Waals surface area contributed by atoms with E-state index >= 15 is 0 Å². The van der Waals surface area contributed by atoms with E-state index in [0.717, 1.165) is 10.5 Å². The van der Waals surface area contributed by atoms with E-state index in [1.54, 1.807) is 0 Å². The van der Waals surface area contributed by atoms with Crippen molar-refractivity contribution in [3.63, 3.8) is 0 Å². The molecular formula is C24H23NO9S. The maximum Gasteiger partial charge on any atom is 0.340 e. The van der Waals surface area contributed by atoms with E-state index in [1.165, 1.54) is 38.1 Å². The molecule has 2 atom stereocenters. The van der Waals surface area contributed by atoms with E-state index in [0.29, 0.717) is 0 Å². The van der Waals surface area contributed by atoms with Crippen LogP contribution in [0.25, 0.3) is 0 Å². The molecule has 0 spiro atoms. The minimum Gasteiger partial charge on any atom is -0.457 e. The molecule has 0 aromatic heterocycles. The number of hydrogen-bond acceptors (Lipinski definition) is 9. The molecule has 1 amide bonds. The number of carbonyl (C=O) groups is 4. The van der Waals surface area contributed by atoms with Gasteiger partial charge < -0.3 is 19.1 Å². The van der Waals surface area contributed by atoms with Gasteiger partial charge in [0.2, 0.25) is 12.7 Å². The van der Waals surface area contributed by atoms with Crippen molar-refractivity contribution in [2.24, 2.45) is 0 Å². The highest BCUT2D eigenvalue weighted by Gasteiger charge is 2.68. The molecule has 2 aliphatic heterocycles. The van der Waals surface area contributed by atoms with Crippen LogP contribution in [-0.2, 0) is 40.2 Å². The molecule has 2 fully saturated rings. The van der Waals surface area contributed by atoms with E-state index in [1.807, 2.05) is 30.3 Å². The quantitative estimate of drug-likeness (QED) is 0.316. The Hall–Kier alpha value is -3.73. The van der Waals surface area contributed by atoms with Gasteiger partial charge in [-0.15, -0.1) is 0 Å². The second-order valence-corrected chi connectivity index (χ2v) is 11.3. The third-order valence-electron chi connectivity index (χ3n) is 6.16. The first kappa shape index (κ1) is 24.4. The van der Waals surface area contributed by atoms with Crippen LogP contribution in [-0.4, -0.2) is 60.1 Å². The minimum absolute atomic E-state index is 0.0995. The summed E-state index contributed by atoms with van der Waals surface area (Å²) >= 11 is 0. The van der Waals surface area contributed by atoms with E-state index < -0.39 is 56.6 Å². The molecule has 0 N–H and O–H groups in total. The molecular weight excluding hydrogens is 478 g/mol. The fraction of sp³-hybridized carbons (Fsp3) is 0.333. The van der Waals surface area contributed by atoms with Crippen LogP contribution in [0.1, 0.15) is 46.5 Å². The number of fused-ring (bicyclic) bond motifs is 1. The SMILES string of the molecule is CC1(C)[C@H](C(=O)OCOC(=O)c2ccc(C(=O)OCc3ccccc3)cc2)N2C(=O)C[C@H]2S1(=O)=O. The molecule has 35 heavy (non-hydrogen) atoms. The van der Waals surface area contributed by atoms with Crippen molar-refractivity contribution in [2.45, 2.75) is 43.0 Å². The number of amides is 1. The number of carbonyl (C=O) groups excluding carboxylic acids is 4. The molecule has 2 aromatic rings. The van der Waals surface area contributed by atoms with Gasteiger partial charge in [0.25, 0.3) is 0 Å². The van der Waals surface area contributed by atoms with Crippen LogP contribution in [0.2, 0.25) is 0 Å². The van der Waals surface area contributed by atoms with Crippen LogP contribution in [0.5, 0.6) is 0 Å². The fourth-order valence-electron chi connectivity index (χ4n) is 4.06. The topological polar surface area (TPSA) is 133 Å². The maximum absolute atomic E-state index is 12.6. The highest BCUT2D eigenvalue weighted by atomic mass is 32.2. The number of ether oxygens (including phenoxy) is 3. The Bertz CT molecular complexity index is 1270. The number of hydrogen-bond donors (Lipinski definition) is 0. The van der Waals surface area contributed by atoms with Crippen LogP contribution < -0.4 is 0 Å². The number of benzene rings is 2. The minimum atomic E-state index is -3.75. The predicted octanol–water partition coefficient (Wildman–Crippen LogP) is 1.84. The lowest BCUT2D eigenvalue weighted by molar-refractivity contribution is -0.167. The Labute approximate surface area is 201 Å². The zero-order valence-electron chi connectivity index (χ0n) is 19.0. The van der Waals surface area contributed by atoms with Gasteiger partial charge >= 0.3 is 17.9 Å². The van der Waals surface area contributed by atoms with E-state index in [4.69, 9.17) is 14.2 Å². The lowest BCUT2D eigenvalue weighted by Gasteiger charge is -2.36. The van der Waals surface area contributed by atoms with Crippen molar-refractivity contribution >= 4 is 33.7 Å². The van der Waals surface area contributed by atoms with E-state index in [9.17, 15) is 27.6 Å². The first-order chi connectivity index (χ1) is 16.5. The van der Waals surface area contributed by atoms with Gasteiger partial charge in [-0.3, -0.25) is 4.79 Å². The highest BCUT2D eigenvalue weighted by molar-refractivity contribution is 7.93. The molecule has 184 valence electrons. The monoisotopic (exact) mass is 501 g/mol. The molecule has 10 nitrogen and oxygen atoms in total. The van der Waals surface area contributed by atoms with Gasteiger partial charge in [0.1, 0.15) is 18.0 Å². The fourth-order valence-corrected chi connectivity index (χ4v) is 6.18. The molecule has 2 aliphatic rings. The Morgan fingerprint density at radius 3 is 2.06 bits per heavy atom. The predicted molar refractivity (Wildman–Crippen MR) is 120 cm³/mol. The Kier molecular flexibility index (Phi) is 6.37. The van der Waals surface area contributed by atoms with Crippen LogP contribution in [0.3, 0.4) is 0 Å². The molecule has 2 aromatic carbocycles.